The normalized spacial score (nSPS) is 20.8. The molecular formula is C24H24F2N4O5S. The zero-order chi connectivity index (χ0) is 25.7. The van der Waals surface area contributed by atoms with E-state index in [1.54, 1.807) is 31.2 Å². The number of ether oxygens (including phenoxy) is 2. The third-order valence-electron chi connectivity index (χ3n) is 5.78. The summed E-state index contributed by atoms with van der Waals surface area (Å²) in [5.74, 6) is -1.58. The maximum atomic E-state index is 14.7. The van der Waals surface area contributed by atoms with Crippen LogP contribution >= 0.6 is 11.8 Å². The molecule has 0 saturated carbocycles. The lowest BCUT2D eigenvalue weighted by atomic mass is 9.90. The molecule has 1 aliphatic rings. The number of nitrogens with zero attached hydrogens (tertiary/aromatic N) is 4. The van der Waals surface area contributed by atoms with E-state index in [1.807, 2.05) is 0 Å². The molecule has 0 radical (unpaired) electrons. The van der Waals surface area contributed by atoms with Gasteiger partial charge in [0.25, 0.3) is 5.69 Å². The van der Waals surface area contributed by atoms with Crippen LogP contribution in [0.25, 0.3) is 6.08 Å². The first kappa shape index (κ1) is 25.9. The lowest BCUT2D eigenvalue weighted by molar-refractivity contribution is -0.384. The molecule has 1 saturated heterocycles. The first-order valence-corrected chi connectivity index (χ1v) is 12.0. The minimum absolute atomic E-state index is 0.00981. The first-order chi connectivity index (χ1) is 17.2. The van der Waals surface area contributed by atoms with Gasteiger partial charge in [0.05, 0.1) is 29.9 Å². The smallest absolute Gasteiger partial charge is 0.269 e. The lowest BCUT2D eigenvalue weighted by Gasteiger charge is -2.37. The molecule has 0 spiro atoms. The number of thioether (sulfide) groups is 1. The molecule has 0 amide bonds. The summed E-state index contributed by atoms with van der Waals surface area (Å²) in [5.41, 5.74) is -0.989. The third-order valence-corrected chi connectivity index (χ3v) is 7.23. The molecule has 12 heteroatoms. The highest BCUT2D eigenvalue weighted by molar-refractivity contribution is 8.00. The maximum Gasteiger partial charge on any atom is 0.269 e. The number of hydrogen-bond donors (Lipinski definition) is 1. The predicted octanol–water partition coefficient (Wildman–Crippen LogP) is 3.93. The van der Waals surface area contributed by atoms with Crippen molar-refractivity contribution >= 4 is 23.5 Å². The van der Waals surface area contributed by atoms with Crippen molar-refractivity contribution in [2.75, 3.05) is 13.2 Å². The number of non-ortho nitro benzene ring substituents is 1. The summed E-state index contributed by atoms with van der Waals surface area (Å²) in [5, 5.41) is 25.7. The number of benzene rings is 2. The van der Waals surface area contributed by atoms with E-state index in [1.165, 1.54) is 47.3 Å². The fraction of sp³-hybridized carbons (Fsp3) is 0.333. The van der Waals surface area contributed by atoms with Gasteiger partial charge in [0.2, 0.25) is 0 Å². The molecule has 1 fully saturated rings. The number of aromatic nitrogens is 3. The Hall–Kier alpha value is -3.19. The second-order valence-corrected chi connectivity index (χ2v) is 9.93. The van der Waals surface area contributed by atoms with E-state index in [2.05, 4.69) is 10.1 Å². The third kappa shape index (κ3) is 6.13. The summed E-state index contributed by atoms with van der Waals surface area (Å²) in [6.45, 7) is 2.30. The SMILES string of the molecule is C[C@@H](SC1COC(/C=C/c2ccc([N+](=O)[O-])cc2)OC1)[C@](O)(Cn1cncn1)c1ccc(F)cc1F. The Labute approximate surface area is 209 Å². The van der Waals surface area contributed by atoms with Gasteiger partial charge in [-0.05, 0) is 29.8 Å². The minimum atomic E-state index is -1.72. The van der Waals surface area contributed by atoms with Crippen molar-refractivity contribution in [3.05, 3.63) is 94.1 Å². The molecule has 1 N–H and O–H groups in total. The number of rotatable bonds is 9. The van der Waals surface area contributed by atoms with Crippen LogP contribution in [-0.4, -0.2) is 54.8 Å². The Morgan fingerprint density at radius 2 is 2.00 bits per heavy atom. The molecule has 0 bridgehead atoms. The number of aliphatic hydroxyl groups is 1. The van der Waals surface area contributed by atoms with Gasteiger partial charge in [-0.1, -0.05) is 19.1 Å². The molecule has 190 valence electrons. The van der Waals surface area contributed by atoms with Gasteiger partial charge in [0.1, 0.15) is 29.9 Å². The van der Waals surface area contributed by atoms with Gasteiger partial charge in [-0.2, -0.15) is 5.10 Å². The van der Waals surface area contributed by atoms with Crippen molar-refractivity contribution in [2.24, 2.45) is 0 Å². The van der Waals surface area contributed by atoms with Crippen LogP contribution in [0, 0.1) is 21.7 Å². The van der Waals surface area contributed by atoms with E-state index in [0.717, 1.165) is 17.7 Å². The van der Waals surface area contributed by atoms with Crippen molar-refractivity contribution < 1.29 is 28.3 Å². The van der Waals surface area contributed by atoms with Crippen molar-refractivity contribution in [1.82, 2.24) is 14.8 Å². The van der Waals surface area contributed by atoms with E-state index in [9.17, 15) is 24.0 Å². The minimum Gasteiger partial charge on any atom is -0.382 e. The Morgan fingerprint density at radius 1 is 1.28 bits per heavy atom. The van der Waals surface area contributed by atoms with Gasteiger partial charge in [0, 0.05) is 29.0 Å². The van der Waals surface area contributed by atoms with Crippen LogP contribution < -0.4 is 0 Å². The van der Waals surface area contributed by atoms with Gasteiger partial charge in [-0.15, -0.1) is 11.8 Å². The largest absolute Gasteiger partial charge is 0.382 e. The summed E-state index contributed by atoms with van der Waals surface area (Å²) < 4.78 is 41.2. The summed E-state index contributed by atoms with van der Waals surface area (Å²) in [6.07, 6.45) is 5.58. The lowest BCUT2D eigenvalue weighted by Crippen LogP contribution is -2.43. The second kappa shape index (κ2) is 11.2. The molecule has 0 unspecified atom stereocenters. The predicted molar refractivity (Wildman–Crippen MR) is 129 cm³/mol. The van der Waals surface area contributed by atoms with Crippen LogP contribution in [0.2, 0.25) is 0 Å². The van der Waals surface area contributed by atoms with Crippen molar-refractivity contribution in [2.45, 2.75) is 35.9 Å². The Bertz CT molecular complexity index is 1200. The molecule has 9 nitrogen and oxygen atoms in total. The summed E-state index contributed by atoms with van der Waals surface area (Å²) in [7, 11) is 0. The van der Waals surface area contributed by atoms with Crippen LogP contribution in [0.3, 0.4) is 0 Å². The molecular weight excluding hydrogens is 494 g/mol. The molecule has 4 rings (SSSR count). The monoisotopic (exact) mass is 518 g/mol. The van der Waals surface area contributed by atoms with E-state index < -0.39 is 33.7 Å². The van der Waals surface area contributed by atoms with Crippen molar-refractivity contribution in [3.8, 4) is 0 Å². The van der Waals surface area contributed by atoms with Crippen LogP contribution in [0.15, 0.2) is 61.2 Å². The fourth-order valence-corrected chi connectivity index (χ4v) is 5.14. The zero-order valence-corrected chi connectivity index (χ0v) is 20.1. The molecule has 0 aliphatic carbocycles. The molecule has 36 heavy (non-hydrogen) atoms. The van der Waals surface area contributed by atoms with Crippen LogP contribution in [0.1, 0.15) is 18.1 Å². The molecule has 3 aromatic rings. The van der Waals surface area contributed by atoms with Crippen molar-refractivity contribution in [3.63, 3.8) is 0 Å². The van der Waals surface area contributed by atoms with Gasteiger partial charge < -0.3 is 14.6 Å². The highest BCUT2D eigenvalue weighted by Crippen LogP contribution is 2.38. The highest BCUT2D eigenvalue weighted by Gasteiger charge is 2.41. The molecule has 1 aliphatic heterocycles. The molecule has 1 aromatic heterocycles. The topological polar surface area (TPSA) is 113 Å². The number of nitro benzene ring substituents is 1. The fourth-order valence-electron chi connectivity index (χ4n) is 3.82. The van der Waals surface area contributed by atoms with Gasteiger partial charge in [0.15, 0.2) is 6.29 Å². The summed E-state index contributed by atoms with van der Waals surface area (Å²) in [6, 6.07) is 9.18. The average Bonchev–Trinajstić information content (AvgIpc) is 3.36. The van der Waals surface area contributed by atoms with E-state index in [0.29, 0.717) is 13.2 Å². The average molecular weight is 519 g/mol. The summed E-state index contributed by atoms with van der Waals surface area (Å²) >= 11 is 1.37. The van der Waals surface area contributed by atoms with Crippen LogP contribution in [0.5, 0.6) is 0 Å². The van der Waals surface area contributed by atoms with Gasteiger partial charge in [-0.25, -0.2) is 18.4 Å². The zero-order valence-electron chi connectivity index (χ0n) is 19.2. The maximum absolute atomic E-state index is 14.7. The quantitative estimate of drug-likeness (QED) is 0.335. The Morgan fingerprint density at radius 3 is 2.61 bits per heavy atom. The summed E-state index contributed by atoms with van der Waals surface area (Å²) in [4.78, 5) is 14.2. The van der Waals surface area contributed by atoms with E-state index in [-0.39, 0.29) is 23.0 Å². The van der Waals surface area contributed by atoms with Crippen LogP contribution in [-0.2, 0) is 21.6 Å². The van der Waals surface area contributed by atoms with Crippen LogP contribution in [0.4, 0.5) is 14.5 Å². The molecule has 2 atom stereocenters. The molecule has 2 aromatic carbocycles. The van der Waals surface area contributed by atoms with E-state index >= 15 is 0 Å². The highest BCUT2D eigenvalue weighted by atomic mass is 32.2. The van der Waals surface area contributed by atoms with Gasteiger partial charge in [-0.3, -0.25) is 10.1 Å². The second-order valence-electron chi connectivity index (χ2n) is 8.28. The Kier molecular flexibility index (Phi) is 8.09. The van der Waals surface area contributed by atoms with Crippen molar-refractivity contribution in [1.29, 1.82) is 0 Å². The standard InChI is InChI=1S/C24H24F2N4O5S/c1-16(24(31,13-29-15-27-14-28-29)21-8-5-18(25)10-22(21)26)36-20-11-34-23(35-12-20)9-4-17-2-6-19(7-3-17)30(32)33/h2-10,14-16,20,23,31H,11-13H2,1H3/b9-4+/t16-,20?,23?,24-/m1/s1. The first-order valence-electron chi connectivity index (χ1n) is 11.1. The van der Waals surface area contributed by atoms with E-state index in [4.69, 9.17) is 9.47 Å². The number of halogens is 2. The Balaban J connectivity index is 1.39. The number of hydrogen-bond acceptors (Lipinski definition) is 8. The molecule has 2 heterocycles. The van der Waals surface area contributed by atoms with Gasteiger partial charge >= 0.3 is 0 Å². The number of nitro groups is 1.